The van der Waals surface area contributed by atoms with Crippen LogP contribution in [-0.4, -0.2) is 23.7 Å². The number of para-hydroxylation sites is 1. The van der Waals surface area contributed by atoms with Crippen molar-refractivity contribution in [2.45, 2.75) is 19.0 Å². The molecule has 148 valence electrons. The van der Waals surface area contributed by atoms with Crippen LogP contribution in [0.15, 0.2) is 91.0 Å². The molecule has 0 aliphatic carbocycles. The number of aliphatic carboxylic acids is 1. The minimum atomic E-state index is -0.953. The smallest absolute Gasteiger partial charge is 0.328 e. The summed E-state index contributed by atoms with van der Waals surface area (Å²) in [5.41, 5.74) is 4.30. The zero-order valence-electron chi connectivity index (χ0n) is 16.3. The Hall–Kier alpha value is -3.37. The summed E-state index contributed by atoms with van der Waals surface area (Å²) in [6.45, 7) is 1.51. The van der Waals surface area contributed by atoms with Crippen LogP contribution in [0.2, 0.25) is 0 Å². The van der Waals surface area contributed by atoms with E-state index in [9.17, 15) is 4.79 Å². The summed E-state index contributed by atoms with van der Waals surface area (Å²) in [7, 11) is 0. The molecule has 4 nitrogen and oxygen atoms in total. The van der Waals surface area contributed by atoms with Crippen LogP contribution in [-0.2, 0) is 17.8 Å². The molecule has 0 bridgehead atoms. The summed E-state index contributed by atoms with van der Waals surface area (Å²) in [6.07, 6.45) is 3.68. The molecule has 29 heavy (non-hydrogen) atoms. The van der Waals surface area contributed by atoms with Crippen molar-refractivity contribution in [1.82, 2.24) is 5.32 Å². The number of hydrogen-bond acceptors (Lipinski definition) is 3. The van der Waals surface area contributed by atoms with Crippen LogP contribution in [0.5, 0.6) is 0 Å². The summed E-state index contributed by atoms with van der Waals surface area (Å²) in [5.74, 6) is -0.953. The monoisotopic (exact) mass is 386 g/mol. The molecule has 0 aliphatic heterocycles. The van der Waals surface area contributed by atoms with Gasteiger partial charge in [-0.15, -0.1) is 0 Å². The van der Waals surface area contributed by atoms with Gasteiger partial charge < -0.3 is 15.7 Å². The van der Waals surface area contributed by atoms with Crippen LogP contribution in [0.1, 0.15) is 16.7 Å². The van der Waals surface area contributed by atoms with Crippen molar-refractivity contribution in [3.05, 3.63) is 108 Å². The minimum absolute atomic E-state index is 0.217. The Morgan fingerprint density at radius 3 is 2.17 bits per heavy atom. The molecule has 0 fully saturated rings. The van der Waals surface area contributed by atoms with Crippen molar-refractivity contribution in [3.8, 4) is 0 Å². The van der Waals surface area contributed by atoms with Gasteiger partial charge in [-0.2, -0.15) is 0 Å². The second-order valence-electron chi connectivity index (χ2n) is 6.89. The highest BCUT2D eigenvalue weighted by atomic mass is 16.4. The molecule has 3 aromatic rings. The van der Waals surface area contributed by atoms with E-state index in [2.05, 4.69) is 47.0 Å². The zero-order valence-corrected chi connectivity index (χ0v) is 16.3. The molecular weight excluding hydrogens is 360 g/mol. The van der Waals surface area contributed by atoms with E-state index in [0.29, 0.717) is 0 Å². The molecule has 0 aliphatic rings. The number of rotatable bonds is 10. The van der Waals surface area contributed by atoms with Crippen LogP contribution >= 0.6 is 0 Å². The second-order valence-corrected chi connectivity index (χ2v) is 6.89. The molecule has 0 unspecified atom stereocenters. The third-order valence-electron chi connectivity index (χ3n) is 4.67. The summed E-state index contributed by atoms with van der Waals surface area (Å²) in [5, 5.41) is 16.0. The normalized spacial score (nSPS) is 12.0. The standard InChI is InChI=1S/C25H26N2O2/c28-25(29)16-15-22-13-7-8-14-24(22)27-19-23(17-20-9-3-1-4-10-20)26-18-21-11-5-2-6-12-21/h1-16,23,26-27H,17-19H2,(H,28,29)/b16-15+/t23-/m0/s1. The molecule has 0 heterocycles. The molecule has 3 aromatic carbocycles. The summed E-state index contributed by atoms with van der Waals surface area (Å²) >= 11 is 0. The van der Waals surface area contributed by atoms with Crippen LogP contribution in [0, 0.1) is 0 Å². The number of nitrogens with one attached hydrogen (secondary N) is 2. The zero-order chi connectivity index (χ0) is 20.3. The molecule has 0 radical (unpaired) electrons. The first-order valence-electron chi connectivity index (χ1n) is 9.76. The topological polar surface area (TPSA) is 61.4 Å². The lowest BCUT2D eigenvalue weighted by Gasteiger charge is -2.21. The van der Waals surface area contributed by atoms with E-state index in [1.807, 2.05) is 48.5 Å². The molecule has 0 amide bonds. The van der Waals surface area contributed by atoms with Crippen molar-refractivity contribution in [2.24, 2.45) is 0 Å². The average molecular weight is 386 g/mol. The Balaban J connectivity index is 1.68. The number of carboxylic acids is 1. The Labute approximate surface area is 171 Å². The van der Waals surface area contributed by atoms with E-state index in [0.717, 1.165) is 36.8 Å². The maximum atomic E-state index is 10.9. The van der Waals surface area contributed by atoms with Crippen LogP contribution < -0.4 is 10.6 Å². The highest BCUT2D eigenvalue weighted by Gasteiger charge is 2.10. The van der Waals surface area contributed by atoms with E-state index in [-0.39, 0.29) is 6.04 Å². The highest BCUT2D eigenvalue weighted by Crippen LogP contribution is 2.17. The number of hydrogen-bond donors (Lipinski definition) is 3. The number of anilines is 1. The van der Waals surface area contributed by atoms with Gasteiger partial charge in [-0.1, -0.05) is 78.9 Å². The Kier molecular flexibility index (Phi) is 7.61. The fourth-order valence-corrected chi connectivity index (χ4v) is 3.17. The molecule has 1 atom stereocenters. The summed E-state index contributed by atoms with van der Waals surface area (Å²) < 4.78 is 0. The number of carboxylic acid groups (broad SMARTS) is 1. The van der Waals surface area contributed by atoms with Gasteiger partial charge >= 0.3 is 5.97 Å². The molecule has 0 saturated carbocycles. The molecule has 0 saturated heterocycles. The number of benzene rings is 3. The third kappa shape index (κ3) is 6.94. The average Bonchev–Trinajstić information content (AvgIpc) is 2.76. The van der Waals surface area contributed by atoms with Gasteiger partial charge in [0.05, 0.1) is 0 Å². The summed E-state index contributed by atoms with van der Waals surface area (Å²) in [6, 6.07) is 28.7. The van der Waals surface area contributed by atoms with Gasteiger partial charge in [-0.25, -0.2) is 4.79 Å². The predicted molar refractivity (Wildman–Crippen MR) is 119 cm³/mol. The van der Waals surface area contributed by atoms with Crippen LogP contribution in [0.3, 0.4) is 0 Å². The van der Waals surface area contributed by atoms with E-state index in [1.54, 1.807) is 6.08 Å². The van der Waals surface area contributed by atoms with Crippen molar-refractivity contribution >= 4 is 17.7 Å². The van der Waals surface area contributed by atoms with Gasteiger partial charge in [0.25, 0.3) is 0 Å². The van der Waals surface area contributed by atoms with Gasteiger partial charge in [-0.05, 0) is 35.3 Å². The molecular formula is C25H26N2O2. The molecule has 0 aromatic heterocycles. The molecule has 3 rings (SSSR count). The number of carbonyl (C=O) groups is 1. The first-order chi connectivity index (χ1) is 14.2. The summed E-state index contributed by atoms with van der Waals surface area (Å²) in [4.78, 5) is 10.9. The van der Waals surface area contributed by atoms with Crippen LogP contribution in [0.4, 0.5) is 5.69 Å². The van der Waals surface area contributed by atoms with E-state index in [1.165, 1.54) is 11.1 Å². The maximum Gasteiger partial charge on any atom is 0.328 e. The first-order valence-corrected chi connectivity index (χ1v) is 9.76. The molecule has 4 heteroatoms. The fourth-order valence-electron chi connectivity index (χ4n) is 3.17. The lowest BCUT2D eigenvalue weighted by atomic mass is 10.0. The minimum Gasteiger partial charge on any atom is -0.478 e. The van der Waals surface area contributed by atoms with E-state index in [4.69, 9.17) is 5.11 Å². The molecule has 3 N–H and O–H groups in total. The van der Waals surface area contributed by atoms with Crippen molar-refractivity contribution < 1.29 is 9.90 Å². The van der Waals surface area contributed by atoms with Crippen molar-refractivity contribution in [2.75, 3.05) is 11.9 Å². The van der Waals surface area contributed by atoms with Crippen molar-refractivity contribution in [3.63, 3.8) is 0 Å². The van der Waals surface area contributed by atoms with E-state index >= 15 is 0 Å². The van der Waals surface area contributed by atoms with Gasteiger partial charge in [0.1, 0.15) is 0 Å². The lowest BCUT2D eigenvalue weighted by molar-refractivity contribution is -0.131. The van der Waals surface area contributed by atoms with Gasteiger partial charge in [0.15, 0.2) is 0 Å². The first kappa shape index (κ1) is 20.4. The van der Waals surface area contributed by atoms with Crippen LogP contribution in [0.25, 0.3) is 6.08 Å². The largest absolute Gasteiger partial charge is 0.478 e. The van der Waals surface area contributed by atoms with Gasteiger partial charge in [0.2, 0.25) is 0 Å². The quantitative estimate of drug-likeness (QED) is 0.446. The second kappa shape index (κ2) is 10.8. The third-order valence-corrected chi connectivity index (χ3v) is 4.67. The SMILES string of the molecule is O=C(O)/C=C/c1ccccc1NC[C@H](Cc1ccccc1)NCc1ccccc1. The Morgan fingerprint density at radius 1 is 0.862 bits per heavy atom. The fraction of sp³-hybridized carbons (Fsp3) is 0.160. The maximum absolute atomic E-state index is 10.9. The highest BCUT2D eigenvalue weighted by molar-refractivity contribution is 5.86. The Bertz CT molecular complexity index is 924. The van der Waals surface area contributed by atoms with Gasteiger partial charge in [0, 0.05) is 30.9 Å². The molecule has 0 spiro atoms. The van der Waals surface area contributed by atoms with Gasteiger partial charge in [-0.3, -0.25) is 0 Å². The van der Waals surface area contributed by atoms with Crippen molar-refractivity contribution in [1.29, 1.82) is 0 Å². The van der Waals surface area contributed by atoms with E-state index < -0.39 is 5.97 Å². The lowest BCUT2D eigenvalue weighted by Crippen LogP contribution is -2.37. The Morgan fingerprint density at radius 2 is 1.48 bits per heavy atom. The predicted octanol–water partition coefficient (Wildman–Crippen LogP) is 4.60.